The largest absolute Gasteiger partial charge is 0.496 e. The van der Waals surface area contributed by atoms with Gasteiger partial charge in [-0.15, -0.1) is 0 Å². The number of nitrogens with one attached hydrogen (secondary N) is 1. The molecule has 1 atom stereocenters. The van der Waals surface area contributed by atoms with E-state index in [0.717, 1.165) is 12.3 Å². The number of hydrogen-bond donors (Lipinski definition) is 2. The predicted molar refractivity (Wildman–Crippen MR) is 77.0 cm³/mol. The molecule has 0 aliphatic carbocycles. The van der Waals surface area contributed by atoms with Gasteiger partial charge in [0.15, 0.2) is 0 Å². The number of rotatable bonds is 6. The Morgan fingerprint density at radius 2 is 1.89 bits per heavy atom. The van der Waals surface area contributed by atoms with Crippen LogP contribution in [0.3, 0.4) is 0 Å². The molecule has 1 aromatic rings. The second-order valence-electron chi connectivity index (χ2n) is 5.22. The standard InChI is InChI=1S/C15H26N2O/c1-10(2)14(8-16)17-9-13-6-12(4)15(18-5)7-11(13)3/h6-7,10,14,17H,8-9,16H2,1-5H3. The SMILES string of the molecule is COc1cc(C)c(CNC(CN)C(C)C)cc1C. The van der Waals surface area contributed by atoms with Gasteiger partial charge in [-0.2, -0.15) is 0 Å². The van der Waals surface area contributed by atoms with Crippen molar-refractivity contribution < 1.29 is 4.74 Å². The lowest BCUT2D eigenvalue weighted by Gasteiger charge is -2.21. The van der Waals surface area contributed by atoms with E-state index in [4.69, 9.17) is 10.5 Å². The van der Waals surface area contributed by atoms with Crippen molar-refractivity contribution in [3.63, 3.8) is 0 Å². The quantitative estimate of drug-likeness (QED) is 0.815. The van der Waals surface area contributed by atoms with Gasteiger partial charge in [-0.25, -0.2) is 0 Å². The fourth-order valence-electron chi connectivity index (χ4n) is 2.09. The molecule has 3 heteroatoms. The zero-order valence-corrected chi connectivity index (χ0v) is 12.2. The highest BCUT2D eigenvalue weighted by Gasteiger charge is 2.11. The van der Waals surface area contributed by atoms with Crippen LogP contribution in [0.5, 0.6) is 5.75 Å². The van der Waals surface area contributed by atoms with Gasteiger partial charge in [0.25, 0.3) is 0 Å². The van der Waals surface area contributed by atoms with Crippen LogP contribution in [0.15, 0.2) is 12.1 Å². The molecule has 1 rings (SSSR count). The maximum atomic E-state index is 5.77. The zero-order valence-electron chi connectivity index (χ0n) is 12.2. The highest BCUT2D eigenvalue weighted by molar-refractivity contribution is 5.41. The van der Waals surface area contributed by atoms with Gasteiger partial charge in [-0.3, -0.25) is 0 Å². The highest BCUT2D eigenvalue weighted by atomic mass is 16.5. The van der Waals surface area contributed by atoms with E-state index in [9.17, 15) is 0 Å². The summed E-state index contributed by atoms with van der Waals surface area (Å²) in [5, 5.41) is 3.52. The van der Waals surface area contributed by atoms with Gasteiger partial charge in [0, 0.05) is 19.1 Å². The minimum atomic E-state index is 0.367. The van der Waals surface area contributed by atoms with Gasteiger partial charge in [-0.1, -0.05) is 19.9 Å². The van der Waals surface area contributed by atoms with Crippen molar-refractivity contribution >= 4 is 0 Å². The van der Waals surface area contributed by atoms with Crippen molar-refractivity contribution in [3.8, 4) is 5.75 Å². The van der Waals surface area contributed by atoms with Crippen LogP contribution >= 0.6 is 0 Å². The maximum absolute atomic E-state index is 5.77. The van der Waals surface area contributed by atoms with Crippen LogP contribution in [-0.4, -0.2) is 19.7 Å². The van der Waals surface area contributed by atoms with E-state index in [2.05, 4.69) is 45.1 Å². The molecule has 0 heterocycles. The lowest BCUT2D eigenvalue weighted by molar-refractivity contribution is 0.402. The molecule has 1 aromatic carbocycles. The summed E-state index contributed by atoms with van der Waals surface area (Å²) >= 11 is 0. The van der Waals surface area contributed by atoms with E-state index in [-0.39, 0.29) is 0 Å². The molecular formula is C15H26N2O. The summed E-state index contributed by atoms with van der Waals surface area (Å²) in [7, 11) is 1.71. The molecule has 3 N–H and O–H groups in total. The third-order valence-corrected chi connectivity index (χ3v) is 3.47. The van der Waals surface area contributed by atoms with Crippen molar-refractivity contribution in [1.29, 1.82) is 0 Å². The van der Waals surface area contributed by atoms with E-state index in [1.54, 1.807) is 7.11 Å². The van der Waals surface area contributed by atoms with E-state index in [1.807, 2.05) is 0 Å². The van der Waals surface area contributed by atoms with Gasteiger partial charge in [-0.05, 0) is 42.5 Å². The van der Waals surface area contributed by atoms with Crippen molar-refractivity contribution in [2.75, 3.05) is 13.7 Å². The molecule has 0 aromatic heterocycles. The fourth-order valence-corrected chi connectivity index (χ4v) is 2.09. The van der Waals surface area contributed by atoms with Crippen molar-refractivity contribution in [1.82, 2.24) is 5.32 Å². The van der Waals surface area contributed by atoms with Gasteiger partial charge < -0.3 is 15.8 Å². The van der Waals surface area contributed by atoms with Crippen LogP contribution in [0.1, 0.15) is 30.5 Å². The first kappa shape index (κ1) is 15.0. The second kappa shape index (κ2) is 6.76. The van der Waals surface area contributed by atoms with Crippen LogP contribution in [0.4, 0.5) is 0 Å². The fraction of sp³-hybridized carbons (Fsp3) is 0.600. The number of benzene rings is 1. The molecule has 0 spiro atoms. The van der Waals surface area contributed by atoms with Crippen LogP contribution < -0.4 is 15.8 Å². The Morgan fingerprint density at radius 1 is 1.22 bits per heavy atom. The van der Waals surface area contributed by atoms with Gasteiger partial charge >= 0.3 is 0 Å². The smallest absolute Gasteiger partial charge is 0.122 e. The van der Waals surface area contributed by atoms with E-state index in [0.29, 0.717) is 18.5 Å². The molecule has 0 aliphatic heterocycles. The number of hydrogen-bond acceptors (Lipinski definition) is 3. The molecular weight excluding hydrogens is 224 g/mol. The van der Waals surface area contributed by atoms with E-state index < -0.39 is 0 Å². The maximum Gasteiger partial charge on any atom is 0.122 e. The molecule has 0 saturated heterocycles. The summed E-state index contributed by atoms with van der Waals surface area (Å²) in [6.07, 6.45) is 0. The Balaban J connectivity index is 2.76. The van der Waals surface area contributed by atoms with Crippen LogP contribution in [0, 0.1) is 19.8 Å². The molecule has 3 nitrogen and oxygen atoms in total. The summed E-state index contributed by atoms with van der Waals surface area (Å²) in [6, 6.07) is 4.65. The number of ether oxygens (including phenoxy) is 1. The van der Waals surface area contributed by atoms with Crippen molar-refractivity contribution in [2.24, 2.45) is 11.7 Å². The van der Waals surface area contributed by atoms with Gasteiger partial charge in [0.05, 0.1) is 7.11 Å². The topological polar surface area (TPSA) is 47.3 Å². The Kier molecular flexibility index (Phi) is 5.63. The first-order valence-corrected chi connectivity index (χ1v) is 6.57. The zero-order chi connectivity index (χ0) is 13.7. The molecule has 0 saturated carbocycles. The molecule has 1 unspecified atom stereocenters. The Labute approximate surface area is 111 Å². The molecule has 102 valence electrons. The normalized spacial score (nSPS) is 12.8. The highest BCUT2D eigenvalue weighted by Crippen LogP contribution is 2.22. The molecule has 18 heavy (non-hydrogen) atoms. The Bertz CT molecular complexity index is 388. The first-order valence-electron chi connectivity index (χ1n) is 6.57. The van der Waals surface area contributed by atoms with E-state index >= 15 is 0 Å². The minimum absolute atomic E-state index is 0.367. The lowest BCUT2D eigenvalue weighted by Crippen LogP contribution is -2.39. The third kappa shape index (κ3) is 3.72. The monoisotopic (exact) mass is 250 g/mol. The minimum Gasteiger partial charge on any atom is -0.496 e. The predicted octanol–water partition coefficient (Wildman–Crippen LogP) is 2.38. The van der Waals surface area contributed by atoms with Crippen molar-refractivity contribution in [3.05, 3.63) is 28.8 Å². The summed E-state index contributed by atoms with van der Waals surface area (Å²) < 4.78 is 5.33. The summed E-state index contributed by atoms with van der Waals surface area (Å²) in [5.74, 6) is 1.50. The summed E-state index contributed by atoms with van der Waals surface area (Å²) in [4.78, 5) is 0. The third-order valence-electron chi connectivity index (χ3n) is 3.47. The summed E-state index contributed by atoms with van der Waals surface area (Å²) in [5.41, 5.74) is 9.51. The Morgan fingerprint density at radius 3 is 2.39 bits per heavy atom. The molecule has 0 radical (unpaired) electrons. The van der Waals surface area contributed by atoms with Gasteiger partial charge in [0.2, 0.25) is 0 Å². The van der Waals surface area contributed by atoms with Crippen LogP contribution in [-0.2, 0) is 6.54 Å². The first-order chi connectivity index (χ1) is 8.49. The molecule has 0 amide bonds. The van der Waals surface area contributed by atoms with Crippen LogP contribution in [0.25, 0.3) is 0 Å². The lowest BCUT2D eigenvalue weighted by atomic mass is 10.0. The van der Waals surface area contributed by atoms with Gasteiger partial charge in [0.1, 0.15) is 5.75 Å². The number of nitrogens with two attached hydrogens (primary N) is 1. The van der Waals surface area contributed by atoms with Crippen molar-refractivity contribution in [2.45, 2.75) is 40.3 Å². The average Bonchev–Trinajstić information content (AvgIpc) is 2.33. The summed E-state index contributed by atoms with van der Waals surface area (Å²) in [6.45, 7) is 10.1. The second-order valence-corrected chi connectivity index (χ2v) is 5.22. The number of aryl methyl sites for hydroxylation is 2. The molecule has 0 bridgehead atoms. The molecule has 0 fully saturated rings. The number of methoxy groups -OCH3 is 1. The Hall–Kier alpha value is -1.06. The molecule has 0 aliphatic rings. The average molecular weight is 250 g/mol. The van der Waals surface area contributed by atoms with Crippen LogP contribution in [0.2, 0.25) is 0 Å². The van der Waals surface area contributed by atoms with E-state index in [1.165, 1.54) is 16.7 Å².